The molecule has 1 fully saturated rings. The molecule has 1 saturated carbocycles. The van der Waals surface area contributed by atoms with Gasteiger partial charge in [0.15, 0.2) is 0 Å². The SMILES string of the molecule is CNCC1CCCCCCCCCCCCCC1. The van der Waals surface area contributed by atoms with Crippen molar-refractivity contribution in [1.29, 1.82) is 0 Å². The van der Waals surface area contributed by atoms with Crippen molar-refractivity contribution in [2.24, 2.45) is 5.92 Å². The van der Waals surface area contributed by atoms with E-state index in [0.717, 1.165) is 5.92 Å². The third-order valence-corrected chi connectivity index (χ3v) is 4.47. The van der Waals surface area contributed by atoms with Gasteiger partial charge in [0.1, 0.15) is 0 Å². The summed E-state index contributed by atoms with van der Waals surface area (Å²) in [6.45, 7) is 1.24. The van der Waals surface area contributed by atoms with E-state index in [1.165, 1.54) is 96.4 Å². The predicted molar refractivity (Wildman–Crippen MR) is 82.1 cm³/mol. The van der Waals surface area contributed by atoms with Crippen molar-refractivity contribution in [2.45, 2.75) is 89.9 Å². The van der Waals surface area contributed by atoms with Crippen LogP contribution in [0.4, 0.5) is 0 Å². The minimum Gasteiger partial charge on any atom is -0.319 e. The van der Waals surface area contributed by atoms with Crippen LogP contribution in [0, 0.1) is 5.92 Å². The minimum atomic E-state index is 0.945. The van der Waals surface area contributed by atoms with Crippen molar-refractivity contribution in [1.82, 2.24) is 5.32 Å². The van der Waals surface area contributed by atoms with Crippen molar-refractivity contribution in [2.75, 3.05) is 13.6 Å². The molecule has 1 rings (SSSR count). The Morgan fingerprint density at radius 1 is 0.611 bits per heavy atom. The smallest absolute Gasteiger partial charge is 0.00235 e. The second kappa shape index (κ2) is 12.0. The summed E-state index contributed by atoms with van der Waals surface area (Å²) >= 11 is 0. The fourth-order valence-corrected chi connectivity index (χ4v) is 3.27. The molecule has 1 aliphatic carbocycles. The van der Waals surface area contributed by atoms with E-state index >= 15 is 0 Å². The van der Waals surface area contributed by atoms with Gasteiger partial charge in [-0.2, -0.15) is 0 Å². The lowest BCUT2D eigenvalue weighted by molar-refractivity contribution is 0.393. The quantitative estimate of drug-likeness (QED) is 0.704. The Morgan fingerprint density at radius 3 is 1.28 bits per heavy atom. The molecule has 0 aromatic heterocycles. The average Bonchev–Trinajstić information content (AvgIpc) is 2.39. The van der Waals surface area contributed by atoms with Gasteiger partial charge in [-0.05, 0) is 32.4 Å². The van der Waals surface area contributed by atoms with Gasteiger partial charge in [-0.1, -0.05) is 77.0 Å². The summed E-state index contributed by atoms with van der Waals surface area (Å²) in [6.07, 6.45) is 20.7. The summed E-state index contributed by atoms with van der Waals surface area (Å²) in [4.78, 5) is 0. The molecule has 1 nitrogen and oxygen atoms in total. The lowest BCUT2D eigenvalue weighted by atomic mass is 9.94. The van der Waals surface area contributed by atoms with Crippen LogP contribution in [-0.4, -0.2) is 13.6 Å². The molecular formula is C17H35N. The summed E-state index contributed by atoms with van der Waals surface area (Å²) in [5.74, 6) is 0.945. The largest absolute Gasteiger partial charge is 0.319 e. The zero-order valence-electron chi connectivity index (χ0n) is 12.7. The maximum atomic E-state index is 3.38. The topological polar surface area (TPSA) is 12.0 Å². The molecule has 108 valence electrons. The van der Waals surface area contributed by atoms with E-state index in [2.05, 4.69) is 12.4 Å². The first-order valence-electron chi connectivity index (χ1n) is 8.58. The third kappa shape index (κ3) is 8.97. The van der Waals surface area contributed by atoms with Crippen LogP contribution in [0.15, 0.2) is 0 Å². The van der Waals surface area contributed by atoms with Crippen molar-refractivity contribution < 1.29 is 0 Å². The molecule has 1 aliphatic rings. The Hall–Kier alpha value is -0.0400. The maximum Gasteiger partial charge on any atom is -0.00235 e. The maximum absolute atomic E-state index is 3.38. The van der Waals surface area contributed by atoms with E-state index in [1.807, 2.05) is 0 Å². The first-order valence-corrected chi connectivity index (χ1v) is 8.58. The fourth-order valence-electron chi connectivity index (χ4n) is 3.27. The number of hydrogen-bond donors (Lipinski definition) is 1. The molecule has 0 atom stereocenters. The molecule has 0 spiro atoms. The van der Waals surface area contributed by atoms with Crippen molar-refractivity contribution >= 4 is 0 Å². The molecule has 0 saturated heterocycles. The Kier molecular flexibility index (Phi) is 10.7. The molecule has 1 N–H and O–H groups in total. The van der Waals surface area contributed by atoms with Crippen LogP contribution in [0.5, 0.6) is 0 Å². The van der Waals surface area contributed by atoms with Crippen molar-refractivity contribution in [3.8, 4) is 0 Å². The van der Waals surface area contributed by atoms with Gasteiger partial charge in [0, 0.05) is 0 Å². The van der Waals surface area contributed by atoms with Gasteiger partial charge in [0.25, 0.3) is 0 Å². The van der Waals surface area contributed by atoms with Crippen LogP contribution in [-0.2, 0) is 0 Å². The van der Waals surface area contributed by atoms with Gasteiger partial charge in [0.2, 0.25) is 0 Å². The Balaban J connectivity index is 2.20. The second-order valence-electron chi connectivity index (χ2n) is 6.24. The number of rotatable bonds is 2. The van der Waals surface area contributed by atoms with Crippen LogP contribution in [0.25, 0.3) is 0 Å². The molecule has 0 aromatic carbocycles. The molecule has 0 heterocycles. The Labute approximate surface area is 115 Å². The monoisotopic (exact) mass is 253 g/mol. The number of nitrogens with one attached hydrogen (secondary N) is 1. The highest BCUT2D eigenvalue weighted by Gasteiger charge is 2.07. The van der Waals surface area contributed by atoms with E-state index in [9.17, 15) is 0 Å². The summed E-state index contributed by atoms with van der Waals surface area (Å²) < 4.78 is 0. The minimum absolute atomic E-state index is 0.945. The lowest BCUT2D eigenvalue weighted by Gasteiger charge is -2.16. The first-order chi connectivity index (χ1) is 8.93. The predicted octanol–water partition coefficient (Wildman–Crippen LogP) is 5.30. The summed E-state index contributed by atoms with van der Waals surface area (Å²) in [5, 5.41) is 3.38. The first kappa shape index (κ1) is 16.0. The summed E-state index contributed by atoms with van der Waals surface area (Å²) in [7, 11) is 2.11. The van der Waals surface area contributed by atoms with E-state index in [1.54, 1.807) is 0 Å². The molecule has 1 heteroatoms. The zero-order valence-corrected chi connectivity index (χ0v) is 12.7. The van der Waals surface area contributed by atoms with Crippen LogP contribution >= 0.6 is 0 Å². The third-order valence-electron chi connectivity index (χ3n) is 4.47. The fraction of sp³-hybridized carbons (Fsp3) is 1.00. The van der Waals surface area contributed by atoms with Gasteiger partial charge >= 0.3 is 0 Å². The van der Waals surface area contributed by atoms with Gasteiger partial charge in [-0.3, -0.25) is 0 Å². The molecule has 0 amide bonds. The summed E-state index contributed by atoms with van der Waals surface area (Å²) in [6, 6.07) is 0. The highest BCUT2D eigenvalue weighted by molar-refractivity contribution is 4.63. The standard InChI is InChI=1S/C17H35N/c1-18-16-17-14-12-10-8-6-4-2-3-5-7-9-11-13-15-17/h17-18H,2-16H2,1H3. The van der Waals surface area contributed by atoms with E-state index in [-0.39, 0.29) is 0 Å². The normalized spacial score (nSPS) is 23.2. The van der Waals surface area contributed by atoms with Gasteiger partial charge in [-0.15, -0.1) is 0 Å². The van der Waals surface area contributed by atoms with E-state index in [0.29, 0.717) is 0 Å². The van der Waals surface area contributed by atoms with E-state index < -0.39 is 0 Å². The molecule has 18 heavy (non-hydrogen) atoms. The van der Waals surface area contributed by atoms with Gasteiger partial charge < -0.3 is 5.32 Å². The molecule has 0 radical (unpaired) electrons. The highest BCUT2D eigenvalue weighted by Crippen LogP contribution is 2.20. The average molecular weight is 253 g/mol. The zero-order chi connectivity index (χ0) is 12.9. The number of hydrogen-bond acceptors (Lipinski definition) is 1. The van der Waals surface area contributed by atoms with Crippen LogP contribution in [0.1, 0.15) is 89.9 Å². The van der Waals surface area contributed by atoms with Crippen molar-refractivity contribution in [3.05, 3.63) is 0 Å². The highest BCUT2D eigenvalue weighted by atomic mass is 14.8. The van der Waals surface area contributed by atoms with Crippen molar-refractivity contribution in [3.63, 3.8) is 0 Å². The van der Waals surface area contributed by atoms with Gasteiger partial charge in [0.05, 0.1) is 0 Å². The van der Waals surface area contributed by atoms with Crippen LogP contribution < -0.4 is 5.32 Å². The van der Waals surface area contributed by atoms with Crippen LogP contribution in [0.2, 0.25) is 0 Å². The Bertz CT molecular complexity index is 151. The lowest BCUT2D eigenvalue weighted by Crippen LogP contribution is -2.18. The molecule has 0 unspecified atom stereocenters. The van der Waals surface area contributed by atoms with E-state index in [4.69, 9.17) is 0 Å². The molecule has 0 bridgehead atoms. The molecule has 0 aromatic rings. The second-order valence-corrected chi connectivity index (χ2v) is 6.24. The van der Waals surface area contributed by atoms with Gasteiger partial charge in [-0.25, -0.2) is 0 Å². The molecular weight excluding hydrogens is 218 g/mol. The Morgan fingerprint density at radius 2 is 0.944 bits per heavy atom. The summed E-state index contributed by atoms with van der Waals surface area (Å²) in [5.41, 5.74) is 0. The molecule has 0 aliphatic heterocycles. The van der Waals surface area contributed by atoms with Crippen LogP contribution in [0.3, 0.4) is 0 Å².